The maximum absolute atomic E-state index is 13.4. The van der Waals surface area contributed by atoms with Gasteiger partial charge in [0, 0.05) is 43.5 Å². The van der Waals surface area contributed by atoms with Gasteiger partial charge < -0.3 is 4.90 Å². The maximum atomic E-state index is 13.4. The Morgan fingerprint density at radius 2 is 1.82 bits per heavy atom. The van der Waals surface area contributed by atoms with E-state index < -0.39 is 11.7 Å². The van der Waals surface area contributed by atoms with Crippen molar-refractivity contribution in [1.29, 1.82) is 0 Å². The second kappa shape index (κ2) is 9.55. The number of fused-ring (bicyclic) bond motifs is 1. The van der Waals surface area contributed by atoms with Crippen LogP contribution in [0, 0.1) is 5.92 Å². The summed E-state index contributed by atoms with van der Waals surface area (Å²) in [4.78, 5) is 18.3. The zero-order valence-electron chi connectivity index (χ0n) is 18.8. The summed E-state index contributed by atoms with van der Waals surface area (Å²) in [6.07, 6.45) is -3.07. The normalized spacial score (nSPS) is 21.0. The highest BCUT2D eigenvalue weighted by molar-refractivity contribution is 7.10. The maximum Gasteiger partial charge on any atom is 0.416 e. The Bertz CT molecular complexity index is 1140. The van der Waals surface area contributed by atoms with E-state index >= 15 is 0 Å². The minimum Gasteiger partial charge on any atom is -0.341 e. The van der Waals surface area contributed by atoms with Gasteiger partial charge in [-0.15, -0.1) is 11.3 Å². The fourth-order valence-corrected chi connectivity index (χ4v) is 5.99. The number of alkyl halides is 3. The van der Waals surface area contributed by atoms with Crippen LogP contribution in [0.25, 0.3) is 0 Å². The van der Waals surface area contributed by atoms with Gasteiger partial charge in [-0.05, 0) is 46.5 Å². The summed E-state index contributed by atoms with van der Waals surface area (Å²) in [5.41, 5.74) is 2.73. The number of hydrogen-bond acceptors (Lipinski definition) is 3. The fourth-order valence-electron chi connectivity index (χ4n) is 5.30. The van der Waals surface area contributed by atoms with Crippen molar-refractivity contribution in [2.24, 2.45) is 5.92 Å². The first-order chi connectivity index (χ1) is 16.4. The number of rotatable bonds is 5. The van der Waals surface area contributed by atoms with Crippen molar-refractivity contribution in [1.82, 2.24) is 9.80 Å². The van der Waals surface area contributed by atoms with E-state index in [0.29, 0.717) is 25.1 Å². The molecular formula is C27H27F3N2OS. The molecule has 2 unspecified atom stereocenters. The number of thiophene rings is 1. The van der Waals surface area contributed by atoms with E-state index in [1.807, 2.05) is 28.5 Å². The van der Waals surface area contributed by atoms with Crippen molar-refractivity contribution in [3.8, 4) is 0 Å². The second-order valence-electron chi connectivity index (χ2n) is 9.30. The van der Waals surface area contributed by atoms with Crippen LogP contribution in [0.15, 0.2) is 66.0 Å². The predicted molar refractivity (Wildman–Crippen MR) is 128 cm³/mol. The number of benzene rings is 2. The third-order valence-electron chi connectivity index (χ3n) is 7.04. The molecule has 1 amide bonds. The Hall–Kier alpha value is -2.64. The van der Waals surface area contributed by atoms with E-state index in [1.165, 1.54) is 23.3 Å². The van der Waals surface area contributed by atoms with Crippen LogP contribution in [-0.2, 0) is 30.4 Å². The Balaban J connectivity index is 1.37. The molecule has 2 aliphatic heterocycles. The molecule has 3 nitrogen and oxygen atoms in total. The second-order valence-corrected chi connectivity index (χ2v) is 10.3. The lowest BCUT2D eigenvalue weighted by Gasteiger charge is -2.32. The van der Waals surface area contributed by atoms with Gasteiger partial charge in [0.15, 0.2) is 0 Å². The summed E-state index contributed by atoms with van der Waals surface area (Å²) >= 11 is 1.55. The van der Waals surface area contributed by atoms with Gasteiger partial charge in [-0.2, -0.15) is 13.2 Å². The van der Waals surface area contributed by atoms with Crippen molar-refractivity contribution >= 4 is 17.2 Å². The Morgan fingerprint density at radius 3 is 2.59 bits per heavy atom. The molecule has 3 aromatic rings. The van der Waals surface area contributed by atoms with E-state index in [4.69, 9.17) is 0 Å². The summed E-state index contributed by atoms with van der Waals surface area (Å²) in [6.45, 7) is 3.55. The molecule has 7 heteroatoms. The Labute approximate surface area is 201 Å². The summed E-state index contributed by atoms with van der Waals surface area (Å²) in [5, 5.41) is 1.95. The number of nitrogens with zero attached hydrogens (tertiary/aromatic N) is 2. The number of halogens is 3. The zero-order chi connectivity index (χ0) is 23.7. The Morgan fingerprint density at radius 1 is 1.00 bits per heavy atom. The molecular weight excluding hydrogens is 457 g/mol. The summed E-state index contributed by atoms with van der Waals surface area (Å²) in [6, 6.07) is 18.0. The molecule has 1 aromatic heterocycles. The van der Waals surface area contributed by atoms with Gasteiger partial charge in [0.25, 0.3) is 0 Å². The molecule has 2 aliphatic rings. The van der Waals surface area contributed by atoms with E-state index in [-0.39, 0.29) is 17.7 Å². The van der Waals surface area contributed by atoms with Crippen LogP contribution in [0.4, 0.5) is 13.2 Å². The molecule has 34 heavy (non-hydrogen) atoms. The van der Waals surface area contributed by atoms with Gasteiger partial charge in [0.1, 0.15) is 0 Å². The van der Waals surface area contributed by atoms with Gasteiger partial charge in [-0.25, -0.2) is 0 Å². The summed E-state index contributed by atoms with van der Waals surface area (Å²) in [7, 11) is 0. The van der Waals surface area contributed by atoms with Gasteiger partial charge >= 0.3 is 6.18 Å². The van der Waals surface area contributed by atoms with E-state index in [0.717, 1.165) is 37.0 Å². The predicted octanol–water partition coefficient (Wildman–Crippen LogP) is 5.61. The van der Waals surface area contributed by atoms with Crippen molar-refractivity contribution < 1.29 is 18.0 Å². The highest BCUT2D eigenvalue weighted by Crippen LogP contribution is 2.37. The average molecular weight is 485 g/mol. The topological polar surface area (TPSA) is 23.6 Å². The smallest absolute Gasteiger partial charge is 0.341 e. The lowest BCUT2D eigenvalue weighted by molar-refractivity contribution is -0.137. The minimum absolute atomic E-state index is 0.0471. The van der Waals surface area contributed by atoms with Crippen molar-refractivity contribution in [2.75, 3.05) is 26.2 Å². The molecule has 1 fully saturated rings. The molecule has 0 bridgehead atoms. The number of carbonyl (C=O) groups excluding carboxylic acids is 1. The van der Waals surface area contributed by atoms with Crippen molar-refractivity contribution in [3.63, 3.8) is 0 Å². The lowest BCUT2D eigenvalue weighted by Crippen LogP contribution is -2.37. The summed E-state index contributed by atoms with van der Waals surface area (Å²) < 4.78 is 40.2. The van der Waals surface area contributed by atoms with Gasteiger partial charge in [0.05, 0.1) is 12.0 Å². The molecule has 178 valence electrons. The summed E-state index contributed by atoms with van der Waals surface area (Å²) in [5.74, 6) is 0.0127. The van der Waals surface area contributed by atoms with Crippen LogP contribution >= 0.6 is 11.3 Å². The first kappa shape index (κ1) is 23.1. The first-order valence-electron chi connectivity index (χ1n) is 11.6. The molecule has 3 heterocycles. The SMILES string of the molecule is O=C(Cc1cccs1)N1CC(CN2CCc3ccccc3C2)C(c2cccc(C(F)(F)F)c2)C1. The Kier molecular flexibility index (Phi) is 6.49. The highest BCUT2D eigenvalue weighted by atomic mass is 32.1. The number of amides is 1. The molecule has 5 rings (SSSR count). The molecule has 1 saturated heterocycles. The molecule has 2 atom stereocenters. The van der Waals surface area contributed by atoms with E-state index in [9.17, 15) is 18.0 Å². The van der Waals surface area contributed by atoms with Gasteiger partial charge in [0.2, 0.25) is 5.91 Å². The van der Waals surface area contributed by atoms with Crippen LogP contribution in [0.2, 0.25) is 0 Å². The quantitative estimate of drug-likeness (QED) is 0.470. The third-order valence-corrected chi connectivity index (χ3v) is 7.92. The van der Waals surface area contributed by atoms with Crippen LogP contribution in [0.3, 0.4) is 0 Å². The number of likely N-dealkylation sites (tertiary alicyclic amines) is 1. The third kappa shape index (κ3) is 5.05. The van der Waals surface area contributed by atoms with Crippen LogP contribution < -0.4 is 0 Å². The van der Waals surface area contributed by atoms with E-state index in [1.54, 1.807) is 17.4 Å². The fraction of sp³-hybridized carbons (Fsp3) is 0.370. The van der Waals surface area contributed by atoms with Crippen LogP contribution in [-0.4, -0.2) is 41.9 Å². The van der Waals surface area contributed by atoms with Crippen LogP contribution in [0.5, 0.6) is 0 Å². The van der Waals surface area contributed by atoms with E-state index in [2.05, 4.69) is 23.1 Å². The standard InChI is InChI=1S/C27H27F3N2OS/c28-27(29,30)23-8-3-7-20(13-23)25-18-32(26(33)14-24-9-4-12-34-24)17-22(25)16-31-11-10-19-5-1-2-6-21(19)15-31/h1-9,12-13,22,25H,10-11,14-18H2. The molecule has 0 N–H and O–H groups in total. The monoisotopic (exact) mass is 484 g/mol. The highest BCUT2D eigenvalue weighted by Gasteiger charge is 2.39. The van der Waals surface area contributed by atoms with Crippen molar-refractivity contribution in [2.45, 2.75) is 31.5 Å². The molecule has 2 aromatic carbocycles. The molecule has 0 spiro atoms. The molecule has 0 saturated carbocycles. The minimum atomic E-state index is -4.38. The largest absolute Gasteiger partial charge is 0.416 e. The zero-order valence-corrected chi connectivity index (χ0v) is 19.6. The molecule has 0 aliphatic carbocycles. The van der Waals surface area contributed by atoms with Gasteiger partial charge in [-0.1, -0.05) is 48.5 Å². The van der Waals surface area contributed by atoms with Gasteiger partial charge in [-0.3, -0.25) is 9.69 Å². The molecule has 0 radical (unpaired) electrons. The van der Waals surface area contributed by atoms with Crippen LogP contribution in [0.1, 0.15) is 33.0 Å². The first-order valence-corrected chi connectivity index (χ1v) is 12.5. The average Bonchev–Trinajstić information content (AvgIpc) is 3.49. The lowest BCUT2D eigenvalue weighted by atomic mass is 9.87. The number of carbonyl (C=O) groups is 1. The van der Waals surface area contributed by atoms with Crippen molar-refractivity contribution in [3.05, 3.63) is 93.2 Å². The number of hydrogen-bond donors (Lipinski definition) is 0.